The molecular weight excluding hydrogens is 274 g/mol. The van der Waals surface area contributed by atoms with Crippen LogP contribution in [0, 0.1) is 0 Å². The van der Waals surface area contributed by atoms with Crippen molar-refractivity contribution in [3.05, 3.63) is 34.3 Å². The smallest absolute Gasteiger partial charge is 0.0348 e. The summed E-state index contributed by atoms with van der Waals surface area (Å²) in [6.45, 7) is 4.81. The molecule has 17 heavy (non-hydrogen) atoms. The zero-order valence-corrected chi connectivity index (χ0v) is 12.2. The number of halogens is 1. The summed E-state index contributed by atoms with van der Waals surface area (Å²) in [7, 11) is 0. The Hall–Kier alpha value is -0.340. The minimum atomic E-state index is 0.646. The highest BCUT2D eigenvalue weighted by molar-refractivity contribution is 9.10. The first-order chi connectivity index (χ1) is 8.31. The first-order valence-electron chi connectivity index (χ1n) is 6.81. The van der Waals surface area contributed by atoms with E-state index < -0.39 is 0 Å². The van der Waals surface area contributed by atoms with E-state index in [9.17, 15) is 0 Å². The van der Waals surface area contributed by atoms with E-state index in [1.165, 1.54) is 55.2 Å². The Bertz CT molecular complexity index is 351. The molecule has 1 saturated heterocycles. The molecule has 1 atom stereocenters. The lowest BCUT2D eigenvalue weighted by atomic mass is 9.95. The third kappa shape index (κ3) is 3.56. The molecule has 2 heteroatoms. The summed E-state index contributed by atoms with van der Waals surface area (Å²) in [5.41, 5.74) is 1.48. The molecule has 1 heterocycles. The monoisotopic (exact) mass is 295 g/mol. The van der Waals surface area contributed by atoms with Crippen LogP contribution in [0.25, 0.3) is 0 Å². The minimum Gasteiger partial charge on any atom is -0.296 e. The van der Waals surface area contributed by atoms with Gasteiger partial charge in [-0.1, -0.05) is 47.8 Å². The van der Waals surface area contributed by atoms with Gasteiger partial charge in [0.25, 0.3) is 0 Å². The Labute approximate surface area is 113 Å². The zero-order chi connectivity index (χ0) is 12.1. The highest BCUT2D eigenvalue weighted by Crippen LogP contribution is 2.32. The van der Waals surface area contributed by atoms with Crippen LogP contribution in [0.5, 0.6) is 0 Å². The van der Waals surface area contributed by atoms with Crippen molar-refractivity contribution in [2.24, 2.45) is 0 Å². The number of rotatable bonds is 4. The van der Waals surface area contributed by atoms with Crippen LogP contribution in [0.15, 0.2) is 28.7 Å². The van der Waals surface area contributed by atoms with Crippen molar-refractivity contribution in [2.75, 3.05) is 13.1 Å². The van der Waals surface area contributed by atoms with Gasteiger partial charge < -0.3 is 0 Å². The molecule has 0 radical (unpaired) electrons. The van der Waals surface area contributed by atoms with Gasteiger partial charge in [-0.25, -0.2) is 0 Å². The van der Waals surface area contributed by atoms with Crippen molar-refractivity contribution in [2.45, 2.75) is 45.1 Å². The second-order valence-corrected chi connectivity index (χ2v) is 5.87. The van der Waals surface area contributed by atoms with E-state index in [1.54, 1.807) is 0 Å². The third-order valence-corrected chi connectivity index (χ3v) is 4.14. The van der Waals surface area contributed by atoms with Crippen LogP contribution in [-0.4, -0.2) is 18.0 Å². The Morgan fingerprint density at radius 2 is 2.24 bits per heavy atom. The maximum Gasteiger partial charge on any atom is 0.0348 e. The molecule has 0 aliphatic carbocycles. The quantitative estimate of drug-likeness (QED) is 0.773. The van der Waals surface area contributed by atoms with Crippen molar-refractivity contribution < 1.29 is 0 Å². The maximum atomic E-state index is 3.58. The second kappa shape index (κ2) is 6.55. The first-order valence-corrected chi connectivity index (χ1v) is 7.60. The topological polar surface area (TPSA) is 3.24 Å². The SMILES string of the molecule is CCCCN1CCCCC1c1cccc(Br)c1. The number of nitrogens with zero attached hydrogens (tertiary/aromatic N) is 1. The predicted octanol–water partition coefficient (Wildman–Crippen LogP) is 4.78. The van der Waals surface area contributed by atoms with Crippen LogP contribution in [0.4, 0.5) is 0 Å². The van der Waals surface area contributed by atoms with Gasteiger partial charge in [0.2, 0.25) is 0 Å². The van der Waals surface area contributed by atoms with E-state index in [0.29, 0.717) is 6.04 Å². The van der Waals surface area contributed by atoms with E-state index in [2.05, 4.69) is 52.0 Å². The largest absolute Gasteiger partial charge is 0.296 e. The normalized spacial score (nSPS) is 21.6. The summed E-state index contributed by atoms with van der Waals surface area (Å²) >= 11 is 3.58. The lowest BCUT2D eigenvalue weighted by molar-refractivity contribution is 0.146. The summed E-state index contributed by atoms with van der Waals surface area (Å²) in [5, 5.41) is 0. The number of benzene rings is 1. The van der Waals surface area contributed by atoms with Gasteiger partial charge in [0.1, 0.15) is 0 Å². The number of hydrogen-bond acceptors (Lipinski definition) is 1. The average Bonchev–Trinajstić information content (AvgIpc) is 2.37. The summed E-state index contributed by atoms with van der Waals surface area (Å²) in [4.78, 5) is 2.68. The van der Waals surface area contributed by atoms with Gasteiger partial charge in [0, 0.05) is 10.5 Å². The number of piperidine rings is 1. The number of unbranched alkanes of at least 4 members (excludes halogenated alkanes) is 1. The molecule has 2 rings (SSSR count). The van der Waals surface area contributed by atoms with Crippen molar-refractivity contribution in [1.29, 1.82) is 0 Å². The molecule has 94 valence electrons. The molecule has 0 aromatic heterocycles. The van der Waals surface area contributed by atoms with Crippen LogP contribution in [0.1, 0.15) is 50.6 Å². The predicted molar refractivity (Wildman–Crippen MR) is 77.2 cm³/mol. The van der Waals surface area contributed by atoms with Crippen molar-refractivity contribution in [3.8, 4) is 0 Å². The van der Waals surface area contributed by atoms with Crippen molar-refractivity contribution in [3.63, 3.8) is 0 Å². The first kappa shape index (κ1) is 13.1. The average molecular weight is 296 g/mol. The molecule has 1 nitrogen and oxygen atoms in total. The molecule has 0 saturated carbocycles. The molecule has 0 amide bonds. The fraction of sp³-hybridized carbons (Fsp3) is 0.600. The van der Waals surface area contributed by atoms with E-state index in [4.69, 9.17) is 0 Å². The van der Waals surface area contributed by atoms with Crippen LogP contribution in [-0.2, 0) is 0 Å². The van der Waals surface area contributed by atoms with Gasteiger partial charge >= 0.3 is 0 Å². The summed E-state index contributed by atoms with van der Waals surface area (Å²) in [6.07, 6.45) is 6.68. The van der Waals surface area contributed by atoms with Gasteiger partial charge in [0.05, 0.1) is 0 Å². The third-order valence-electron chi connectivity index (χ3n) is 3.65. The van der Waals surface area contributed by atoms with Crippen molar-refractivity contribution >= 4 is 15.9 Å². The molecule has 0 bridgehead atoms. The molecular formula is C15H22BrN. The van der Waals surface area contributed by atoms with Gasteiger partial charge in [0.15, 0.2) is 0 Å². The lowest BCUT2D eigenvalue weighted by Gasteiger charge is -2.36. The molecule has 1 aromatic carbocycles. The van der Waals surface area contributed by atoms with Crippen LogP contribution >= 0.6 is 15.9 Å². The Morgan fingerprint density at radius 3 is 3.00 bits per heavy atom. The van der Waals surface area contributed by atoms with Gasteiger partial charge in [-0.15, -0.1) is 0 Å². The molecule has 1 unspecified atom stereocenters. The van der Waals surface area contributed by atoms with Gasteiger partial charge in [-0.3, -0.25) is 4.90 Å². The Kier molecular flexibility index (Phi) is 5.05. The maximum absolute atomic E-state index is 3.58. The van der Waals surface area contributed by atoms with E-state index >= 15 is 0 Å². The van der Waals surface area contributed by atoms with Crippen LogP contribution in [0.3, 0.4) is 0 Å². The molecule has 1 fully saturated rings. The van der Waals surface area contributed by atoms with Crippen LogP contribution < -0.4 is 0 Å². The van der Waals surface area contributed by atoms with E-state index in [0.717, 1.165) is 0 Å². The number of likely N-dealkylation sites (tertiary alicyclic amines) is 1. The van der Waals surface area contributed by atoms with E-state index in [1.807, 2.05) is 0 Å². The molecule has 1 aliphatic rings. The zero-order valence-electron chi connectivity index (χ0n) is 10.7. The van der Waals surface area contributed by atoms with Gasteiger partial charge in [-0.05, 0) is 50.0 Å². The summed E-state index contributed by atoms with van der Waals surface area (Å²) in [6, 6.07) is 9.48. The second-order valence-electron chi connectivity index (χ2n) is 4.96. The Balaban J connectivity index is 2.10. The fourth-order valence-corrected chi connectivity index (χ4v) is 3.13. The minimum absolute atomic E-state index is 0.646. The summed E-state index contributed by atoms with van der Waals surface area (Å²) in [5.74, 6) is 0. The van der Waals surface area contributed by atoms with Gasteiger partial charge in [-0.2, -0.15) is 0 Å². The van der Waals surface area contributed by atoms with Crippen molar-refractivity contribution in [1.82, 2.24) is 4.90 Å². The highest BCUT2D eigenvalue weighted by Gasteiger charge is 2.23. The Morgan fingerprint density at radius 1 is 1.35 bits per heavy atom. The molecule has 1 aromatic rings. The summed E-state index contributed by atoms with van der Waals surface area (Å²) < 4.78 is 1.20. The molecule has 0 spiro atoms. The molecule has 1 aliphatic heterocycles. The fourth-order valence-electron chi connectivity index (χ4n) is 2.71. The number of hydrogen-bond donors (Lipinski definition) is 0. The van der Waals surface area contributed by atoms with E-state index in [-0.39, 0.29) is 0 Å². The van der Waals surface area contributed by atoms with Crippen LogP contribution in [0.2, 0.25) is 0 Å². The molecule has 0 N–H and O–H groups in total. The highest BCUT2D eigenvalue weighted by atomic mass is 79.9. The standard InChI is InChI=1S/C15H22BrN/c1-2-3-10-17-11-5-4-9-15(17)13-7-6-8-14(16)12-13/h6-8,12,15H,2-5,9-11H2,1H3. The lowest BCUT2D eigenvalue weighted by Crippen LogP contribution is -2.34.